The molecular weight excluding hydrogens is 290 g/mol. The van der Waals surface area contributed by atoms with Crippen molar-refractivity contribution in [2.45, 2.75) is 59.3 Å². The first kappa shape index (κ1) is 20.0. The number of unbranched alkanes of at least 4 members (excludes halogenated alkanes) is 3. The van der Waals surface area contributed by atoms with Crippen molar-refractivity contribution in [3.05, 3.63) is 78.7 Å². The second-order valence-electron chi connectivity index (χ2n) is 6.11. The molecule has 0 fully saturated rings. The molecule has 0 aliphatic heterocycles. The Morgan fingerprint density at radius 2 is 1.62 bits per heavy atom. The van der Waals surface area contributed by atoms with Crippen LogP contribution in [-0.2, 0) is 6.42 Å². The van der Waals surface area contributed by atoms with Crippen LogP contribution in [0.3, 0.4) is 0 Å². The standard InChI is InChI=1S/C23H33N/c1-6-9-11-12-15-22-16-18-23(19-17-22)24(20(4)13-8-3)21(5)14-10-7-2/h8,10,13-14,16-19H,4-7,9,11-12,15H2,1-3H3/b13-8-,14-10-. The molecule has 1 rings (SSSR count). The van der Waals surface area contributed by atoms with E-state index in [0.717, 1.165) is 29.9 Å². The molecule has 0 radical (unpaired) electrons. The van der Waals surface area contributed by atoms with E-state index in [0.29, 0.717) is 0 Å². The van der Waals surface area contributed by atoms with Gasteiger partial charge in [0.25, 0.3) is 0 Å². The number of benzene rings is 1. The molecule has 0 N–H and O–H groups in total. The number of anilines is 1. The van der Waals surface area contributed by atoms with Crippen LogP contribution < -0.4 is 4.90 Å². The number of allylic oxidation sites excluding steroid dienone is 4. The maximum Gasteiger partial charge on any atom is 0.0461 e. The summed E-state index contributed by atoms with van der Waals surface area (Å²) >= 11 is 0. The summed E-state index contributed by atoms with van der Waals surface area (Å²) in [5.41, 5.74) is 4.39. The van der Waals surface area contributed by atoms with Gasteiger partial charge in [0.05, 0.1) is 0 Å². The molecule has 0 saturated carbocycles. The van der Waals surface area contributed by atoms with Crippen molar-refractivity contribution in [3.63, 3.8) is 0 Å². The molecule has 0 amide bonds. The highest BCUT2D eigenvalue weighted by atomic mass is 15.1. The van der Waals surface area contributed by atoms with Gasteiger partial charge in [0.1, 0.15) is 0 Å². The predicted molar refractivity (Wildman–Crippen MR) is 109 cm³/mol. The van der Waals surface area contributed by atoms with Crippen molar-refractivity contribution in [1.82, 2.24) is 0 Å². The molecule has 1 nitrogen and oxygen atoms in total. The predicted octanol–water partition coefficient (Wildman–Crippen LogP) is 7.19. The molecule has 1 aromatic carbocycles. The molecular formula is C23H33N. The van der Waals surface area contributed by atoms with E-state index in [9.17, 15) is 0 Å². The maximum absolute atomic E-state index is 4.21. The molecule has 0 aliphatic carbocycles. The van der Waals surface area contributed by atoms with Crippen molar-refractivity contribution < 1.29 is 0 Å². The molecule has 0 spiro atoms. The number of aryl methyl sites for hydroxylation is 1. The maximum atomic E-state index is 4.21. The smallest absolute Gasteiger partial charge is 0.0461 e. The van der Waals surface area contributed by atoms with Gasteiger partial charge < -0.3 is 4.90 Å². The Bertz CT molecular complexity index is 560. The van der Waals surface area contributed by atoms with Gasteiger partial charge in [-0.1, -0.05) is 70.6 Å². The molecule has 0 atom stereocenters. The van der Waals surface area contributed by atoms with Crippen LogP contribution >= 0.6 is 0 Å². The minimum absolute atomic E-state index is 0.930. The Balaban J connectivity index is 2.88. The van der Waals surface area contributed by atoms with Crippen LogP contribution in [0.5, 0.6) is 0 Å². The van der Waals surface area contributed by atoms with Crippen molar-refractivity contribution in [2.24, 2.45) is 0 Å². The van der Waals surface area contributed by atoms with Crippen molar-refractivity contribution in [2.75, 3.05) is 4.90 Å². The third-order valence-corrected chi connectivity index (χ3v) is 3.99. The van der Waals surface area contributed by atoms with Gasteiger partial charge in [-0.2, -0.15) is 0 Å². The molecule has 0 aromatic heterocycles. The van der Waals surface area contributed by atoms with Crippen LogP contribution in [0, 0.1) is 0 Å². The van der Waals surface area contributed by atoms with Gasteiger partial charge >= 0.3 is 0 Å². The summed E-state index contributed by atoms with van der Waals surface area (Å²) in [6.45, 7) is 14.8. The second-order valence-corrected chi connectivity index (χ2v) is 6.11. The summed E-state index contributed by atoms with van der Waals surface area (Å²) < 4.78 is 0. The second kappa shape index (κ2) is 11.5. The molecule has 1 aromatic rings. The fourth-order valence-corrected chi connectivity index (χ4v) is 2.68. The van der Waals surface area contributed by atoms with E-state index < -0.39 is 0 Å². The summed E-state index contributed by atoms with van der Waals surface area (Å²) in [5, 5.41) is 0. The quantitative estimate of drug-likeness (QED) is 0.308. The summed E-state index contributed by atoms with van der Waals surface area (Å²) in [6, 6.07) is 8.81. The average Bonchev–Trinajstić information content (AvgIpc) is 2.58. The Kier molecular flexibility index (Phi) is 9.60. The van der Waals surface area contributed by atoms with Gasteiger partial charge in [0.15, 0.2) is 0 Å². The lowest BCUT2D eigenvalue weighted by Gasteiger charge is -2.26. The molecule has 0 saturated heterocycles. The zero-order valence-corrected chi connectivity index (χ0v) is 15.7. The van der Waals surface area contributed by atoms with Crippen LogP contribution in [0.4, 0.5) is 5.69 Å². The zero-order chi connectivity index (χ0) is 17.8. The van der Waals surface area contributed by atoms with E-state index in [1.807, 2.05) is 19.1 Å². The third-order valence-electron chi connectivity index (χ3n) is 3.99. The van der Waals surface area contributed by atoms with Gasteiger partial charge in [-0.15, -0.1) is 0 Å². The van der Waals surface area contributed by atoms with Crippen molar-refractivity contribution in [3.8, 4) is 0 Å². The third kappa shape index (κ3) is 6.62. The van der Waals surface area contributed by atoms with Gasteiger partial charge in [0, 0.05) is 17.1 Å². The Labute approximate surface area is 149 Å². The lowest BCUT2D eigenvalue weighted by atomic mass is 10.1. The van der Waals surface area contributed by atoms with Crippen molar-refractivity contribution in [1.29, 1.82) is 0 Å². The molecule has 0 bridgehead atoms. The largest absolute Gasteiger partial charge is 0.312 e. The Hall–Kier alpha value is -2.02. The van der Waals surface area contributed by atoms with Gasteiger partial charge in [-0.25, -0.2) is 0 Å². The number of nitrogens with zero attached hydrogens (tertiary/aromatic N) is 1. The minimum atomic E-state index is 0.930. The first-order valence-corrected chi connectivity index (χ1v) is 9.20. The van der Waals surface area contributed by atoms with Crippen LogP contribution in [-0.4, -0.2) is 0 Å². The normalized spacial score (nSPS) is 11.3. The van der Waals surface area contributed by atoms with Crippen molar-refractivity contribution >= 4 is 5.69 Å². The molecule has 24 heavy (non-hydrogen) atoms. The van der Waals surface area contributed by atoms with Crippen LogP contribution in [0.25, 0.3) is 0 Å². The molecule has 0 unspecified atom stereocenters. The minimum Gasteiger partial charge on any atom is -0.312 e. The van der Waals surface area contributed by atoms with Gasteiger partial charge in [-0.05, 0) is 56.0 Å². The highest BCUT2D eigenvalue weighted by Gasteiger charge is 2.10. The molecule has 130 valence electrons. The average molecular weight is 324 g/mol. The van der Waals surface area contributed by atoms with Gasteiger partial charge in [-0.3, -0.25) is 0 Å². The summed E-state index contributed by atoms with van der Waals surface area (Å²) in [4.78, 5) is 2.10. The van der Waals surface area contributed by atoms with E-state index in [1.165, 1.54) is 31.2 Å². The first-order valence-electron chi connectivity index (χ1n) is 9.20. The SMILES string of the molecule is C=C(/C=C\C)N(C(=C)/C=C\CC)c1ccc(CCCCCC)cc1. The van der Waals surface area contributed by atoms with E-state index in [-0.39, 0.29) is 0 Å². The van der Waals surface area contributed by atoms with Crippen LogP contribution in [0.2, 0.25) is 0 Å². The van der Waals surface area contributed by atoms with E-state index in [2.05, 4.69) is 68.3 Å². The van der Waals surface area contributed by atoms with Gasteiger partial charge in [0.2, 0.25) is 0 Å². The topological polar surface area (TPSA) is 3.24 Å². The van der Waals surface area contributed by atoms with Crippen LogP contribution in [0.15, 0.2) is 73.1 Å². The Morgan fingerprint density at radius 3 is 2.21 bits per heavy atom. The van der Waals surface area contributed by atoms with E-state index >= 15 is 0 Å². The number of rotatable bonds is 11. The summed E-state index contributed by atoms with van der Waals surface area (Å²) in [5.74, 6) is 0. The first-order chi connectivity index (χ1) is 11.6. The lowest BCUT2D eigenvalue weighted by molar-refractivity contribution is 0.667. The summed E-state index contributed by atoms with van der Waals surface area (Å²) in [7, 11) is 0. The van der Waals surface area contributed by atoms with Crippen LogP contribution in [0.1, 0.15) is 58.4 Å². The fraction of sp³-hybridized carbons (Fsp3) is 0.391. The Morgan fingerprint density at radius 1 is 0.958 bits per heavy atom. The number of hydrogen-bond donors (Lipinski definition) is 0. The molecule has 1 heteroatoms. The molecule has 0 aliphatic rings. The monoisotopic (exact) mass is 323 g/mol. The zero-order valence-electron chi connectivity index (χ0n) is 15.7. The number of hydrogen-bond acceptors (Lipinski definition) is 1. The molecule has 0 heterocycles. The lowest BCUT2D eigenvalue weighted by Crippen LogP contribution is -2.18. The summed E-state index contributed by atoms with van der Waals surface area (Å²) in [6.07, 6.45) is 15.6. The van der Waals surface area contributed by atoms with E-state index in [4.69, 9.17) is 0 Å². The fourth-order valence-electron chi connectivity index (χ4n) is 2.68. The highest BCUT2D eigenvalue weighted by Crippen LogP contribution is 2.25. The van der Waals surface area contributed by atoms with E-state index in [1.54, 1.807) is 0 Å². The highest BCUT2D eigenvalue weighted by molar-refractivity contribution is 5.61.